The number of carbonyl (C=O) groups excluding carboxylic acids is 1. The van der Waals surface area contributed by atoms with Crippen LogP contribution in [0.2, 0.25) is 0 Å². The van der Waals surface area contributed by atoms with Gasteiger partial charge in [-0.1, -0.05) is 0 Å². The van der Waals surface area contributed by atoms with Crippen LogP contribution in [0.4, 0.5) is 26.6 Å². The topological polar surface area (TPSA) is 112 Å². The molecule has 0 saturated heterocycles. The summed E-state index contributed by atoms with van der Waals surface area (Å²) in [5, 5.41) is 19.2. The van der Waals surface area contributed by atoms with Gasteiger partial charge in [0.15, 0.2) is 5.82 Å². The van der Waals surface area contributed by atoms with Crippen LogP contribution in [0.1, 0.15) is 25.5 Å². The highest BCUT2D eigenvalue weighted by atomic mass is 19.1. The lowest BCUT2D eigenvalue weighted by molar-refractivity contribution is 0.172. The van der Waals surface area contributed by atoms with E-state index in [0.29, 0.717) is 18.8 Å². The van der Waals surface area contributed by atoms with Crippen LogP contribution >= 0.6 is 0 Å². The molecule has 4 rings (SSSR count). The van der Waals surface area contributed by atoms with Gasteiger partial charge in [0.25, 0.3) is 0 Å². The van der Waals surface area contributed by atoms with Gasteiger partial charge in [-0.05, 0) is 51.0 Å². The molecule has 1 amide bonds. The van der Waals surface area contributed by atoms with Gasteiger partial charge in [-0.25, -0.2) is 14.2 Å². The molecule has 2 heterocycles. The first-order valence-corrected chi connectivity index (χ1v) is 9.86. The molecule has 4 N–H and O–H groups in total. The van der Waals surface area contributed by atoms with Crippen molar-refractivity contribution in [2.45, 2.75) is 51.0 Å². The molecule has 1 saturated carbocycles. The second-order valence-corrected chi connectivity index (χ2v) is 7.77. The fraction of sp³-hybridized carbons (Fsp3) is 0.450. The van der Waals surface area contributed by atoms with Crippen LogP contribution < -0.4 is 25.6 Å². The lowest BCUT2D eigenvalue weighted by atomic mass is 9.87. The largest absolute Gasteiger partial charge is 0.412 e. The van der Waals surface area contributed by atoms with Crippen LogP contribution in [0.15, 0.2) is 24.3 Å². The zero-order chi connectivity index (χ0) is 21.4. The Hall–Kier alpha value is -3.14. The number of likely N-dealkylation sites (N-methyl/N-ethyl adjacent to an activating group) is 1. The number of halogens is 1. The van der Waals surface area contributed by atoms with Gasteiger partial charge in [0.1, 0.15) is 23.5 Å². The second kappa shape index (κ2) is 7.94. The van der Waals surface area contributed by atoms with E-state index in [1.807, 2.05) is 25.8 Å². The van der Waals surface area contributed by atoms with Crippen LogP contribution in [0.25, 0.3) is 0 Å². The summed E-state index contributed by atoms with van der Waals surface area (Å²) < 4.78 is 18.0. The molecule has 2 aliphatic rings. The minimum Gasteiger partial charge on any atom is -0.410 e. The summed E-state index contributed by atoms with van der Waals surface area (Å²) in [7, 11) is 1.89. The molecule has 1 aromatic carbocycles. The smallest absolute Gasteiger partial charge is 0.410 e. The number of benzene rings is 1. The maximum Gasteiger partial charge on any atom is 0.412 e. The van der Waals surface area contributed by atoms with Crippen LogP contribution in [0.3, 0.4) is 0 Å². The maximum absolute atomic E-state index is 12.9. The van der Waals surface area contributed by atoms with Gasteiger partial charge < -0.3 is 30.7 Å². The normalized spacial score (nSPS) is 24.9. The van der Waals surface area contributed by atoms with Crippen LogP contribution in [-0.4, -0.2) is 52.6 Å². The third-order valence-corrected chi connectivity index (χ3v) is 5.58. The number of amides is 1. The Morgan fingerprint density at radius 1 is 1.27 bits per heavy atom. The van der Waals surface area contributed by atoms with E-state index >= 15 is 0 Å². The lowest BCUT2D eigenvalue weighted by Gasteiger charge is -2.39. The standard InChI is InChI=1S/C20H25FN6O3/c1-10-16-17(27(3)11(2)18(28)25-16)26-19(22-10)23-13-8-14(9-13)24-20(29)30-15-6-4-12(21)5-7-15/h4-7,11,13-14,18,25,28H,8-9H2,1-3H3,(H,24,29)(H,22,23,26)/t11-,13-,14-,18?/m0/s1. The molecule has 9 nitrogen and oxygen atoms in total. The molecular weight excluding hydrogens is 391 g/mol. The van der Waals surface area contributed by atoms with E-state index in [9.17, 15) is 14.3 Å². The molecule has 0 radical (unpaired) electrons. The van der Waals surface area contributed by atoms with Gasteiger partial charge in [-0.15, -0.1) is 0 Å². The Morgan fingerprint density at radius 3 is 2.67 bits per heavy atom. The van der Waals surface area contributed by atoms with Gasteiger partial charge in [0, 0.05) is 19.1 Å². The maximum atomic E-state index is 12.9. The molecule has 10 heteroatoms. The number of ether oxygens (including phenoxy) is 1. The van der Waals surface area contributed by atoms with E-state index in [-0.39, 0.29) is 29.7 Å². The first-order chi connectivity index (χ1) is 14.3. The Balaban J connectivity index is 1.30. The number of aromatic nitrogens is 2. The Morgan fingerprint density at radius 2 is 1.97 bits per heavy atom. The summed E-state index contributed by atoms with van der Waals surface area (Å²) in [6.45, 7) is 3.78. The number of anilines is 3. The molecular formula is C20H25FN6O3. The predicted octanol–water partition coefficient (Wildman–Crippen LogP) is 2.22. The van der Waals surface area contributed by atoms with Crippen molar-refractivity contribution in [2.75, 3.05) is 22.6 Å². The molecule has 160 valence electrons. The summed E-state index contributed by atoms with van der Waals surface area (Å²) in [6, 6.07) is 5.27. The van der Waals surface area contributed by atoms with E-state index < -0.39 is 12.3 Å². The van der Waals surface area contributed by atoms with Crippen molar-refractivity contribution in [3.8, 4) is 5.75 Å². The van der Waals surface area contributed by atoms with Crippen molar-refractivity contribution >= 4 is 23.5 Å². The average Bonchev–Trinajstić information content (AvgIpc) is 2.67. The molecule has 1 aliphatic heterocycles. The van der Waals surface area contributed by atoms with E-state index in [2.05, 4.69) is 25.9 Å². The van der Waals surface area contributed by atoms with E-state index in [0.717, 1.165) is 17.2 Å². The summed E-state index contributed by atoms with van der Waals surface area (Å²) in [6.07, 6.45) is 0.172. The summed E-state index contributed by atoms with van der Waals surface area (Å²) >= 11 is 0. The Bertz CT molecular complexity index is 935. The minimum absolute atomic E-state index is 0.0197. The zero-order valence-corrected chi connectivity index (χ0v) is 17.0. The highest BCUT2D eigenvalue weighted by Gasteiger charge is 2.33. The van der Waals surface area contributed by atoms with Gasteiger partial charge in [-0.3, -0.25) is 0 Å². The SMILES string of the molecule is Cc1nc(N[C@H]2C[C@H](NC(=O)Oc3ccc(F)cc3)C2)nc2c1NC(O)[C@H](C)N2C. The van der Waals surface area contributed by atoms with Crippen molar-refractivity contribution in [2.24, 2.45) is 0 Å². The average molecular weight is 416 g/mol. The number of aliphatic hydroxyl groups excluding tert-OH is 1. The summed E-state index contributed by atoms with van der Waals surface area (Å²) in [4.78, 5) is 23.0. The molecule has 1 aromatic heterocycles. The van der Waals surface area contributed by atoms with Crippen molar-refractivity contribution < 1.29 is 19.0 Å². The number of fused-ring (bicyclic) bond motifs is 1. The summed E-state index contributed by atoms with van der Waals surface area (Å²) in [5.74, 6) is 1.15. The van der Waals surface area contributed by atoms with Crippen LogP contribution in [0, 0.1) is 12.7 Å². The third kappa shape index (κ3) is 4.09. The molecule has 2 aromatic rings. The van der Waals surface area contributed by atoms with Crippen molar-refractivity contribution in [3.05, 3.63) is 35.8 Å². The number of hydrogen-bond donors (Lipinski definition) is 4. The van der Waals surface area contributed by atoms with Gasteiger partial charge in [-0.2, -0.15) is 4.98 Å². The molecule has 2 atom stereocenters. The minimum atomic E-state index is -0.684. The van der Waals surface area contributed by atoms with Gasteiger partial charge >= 0.3 is 6.09 Å². The monoisotopic (exact) mass is 416 g/mol. The molecule has 0 bridgehead atoms. The lowest BCUT2D eigenvalue weighted by Crippen LogP contribution is -2.51. The highest BCUT2D eigenvalue weighted by molar-refractivity contribution is 5.72. The number of nitrogens with one attached hydrogen (secondary N) is 3. The molecule has 1 fully saturated rings. The number of carbonyl (C=O) groups is 1. The fourth-order valence-electron chi connectivity index (χ4n) is 3.56. The zero-order valence-electron chi connectivity index (χ0n) is 17.0. The van der Waals surface area contributed by atoms with Crippen LogP contribution in [-0.2, 0) is 0 Å². The van der Waals surface area contributed by atoms with E-state index in [1.165, 1.54) is 24.3 Å². The number of aliphatic hydroxyl groups is 1. The summed E-state index contributed by atoms with van der Waals surface area (Å²) in [5.41, 5.74) is 1.47. The van der Waals surface area contributed by atoms with Gasteiger partial charge in [0.05, 0.1) is 11.7 Å². The number of hydrogen-bond acceptors (Lipinski definition) is 8. The quantitative estimate of drug-likeness (QED) is 0.600. The number of aryl methyl sites for hydroxylation is 1. The predicted molar refractivity (Wildman–Crippen MR) is 110 cm³/mol. The second-order valence-electron chi connectivity index (χ2n) is 7.77. The first-order valence-electron chi connectivity index (χ1n) is 9.86. The van der Waals surface area contributed by atoms with Crippen molar-refractivity contribution in [1.82, 2.24) is 15.3 Å². The first kappa shape index (κ1) is 20.1. The van der Waals surface area contributed by atoms with Crippen molar-refractivity contribution in [1.29, 1.82) is 0 Å². The molecule has 1 unspecified atom stereocenters. The van der Waals surface area contributed by atoms with Crippen LogP contribution in [0.5, 0.6) is 5.75 Å². The molecule has 30 heavy (non-hydrogen) atoms. The number of rotatable bonds is 4. The van der Waals surface area contributed by atoms with Gasteiger partial charge in [0.2, 0.25) is 5.95 Å². The molecule has 1 aliphatic carbocycles. The molecule has 0 spiro atoms. The van der Waals surface area contributed by atoms with E-state index in [1.54, 1.807) is 0 Å². The fourth-order valence-corrected chi connectivity index (χ4v) is 3.56. The Labute approximate surface area is 173 Å². The third-order valence-electron chi connectivity index (χ3n) is 5.58. The van der Waals surface area contributed by atoms with Crippen molar-refractivity contribution in [3.63, 3.8) is 0 Å². The Kier molecular flexibility index (Phi) is 5.33. The number of nitrogens with zero attached hydrogens (tertiary/aromatic N) is 3. The van der Waals surface area contributed by atoms with E-state index in [4.69, 9.17) is 4.74 Å². The highest BCUT2D eigenvalue weighted by Crippen LogP contribution is 2.34.